The van der Waals surface area contributed by atoms with Crippen molar-refractivity contribution in [1.29, 1.82) is 0 Å². The minimum Gasteiger partial charge on any atom is -0.454 e. The van der Waals surface area contributed by atoms with E-state index in [1.54, 1.807) is 38.1 Å². The van der Waals surface area contributed by atoms with Crippen LogP contribution in [0.1, 0.15) is 25.5 Å². The maximum absolute atomic E-state index is 14.2. The van der Waals surface area contributed by atoms with Gasteiger partial charge in [-0.1, -0.05) is 18.2 Å². The highest BCUT2D eigenvalue weighted by molar-refractivity contribution is 7.89. The third kappa shape index (κ3) is 3.18. The van der Waals surface area contributed by atoms with Crippen LogP contribution in [-0.4, -0.2) is 38.2 Å². The lowest BCUT2D eigenvalue weighted by molar-refractivity contribution is -0.0668. The maximum Gasteiger partial charge on any atom is 0.243 e. The Morgan fingerprint density at radius 3 is 2.63 bits per heavy atom. The molecular formula is C19H20FNO5S. The number of hydrogen-bond donors (Lipinski definition) is 0. The molecule has 2 aromatic rings. The molecule has 0 bridgehead atoms. The van der Waals surface area contributed by atoms with Gasteiger partial charge >= 0.3 is 0 Å². The lowest BCUT2D eigenvalue weighted by Crippen LogP contribution is -2.56. The van der Waals surface area contributed by atoms with E-state index >= 15 is 0 Å². The standard InChI is InChI=1S/C19H20FNO5S/c1-19(2)11-24-18(14-5-3-4-6-15(14)20)10-21(19)27(22,23)13-7-8-16-17(9-13)26-12-25-16/h3-9,18H,10-12H2,1-2H3. The molecule has 0 radical (unpaired) electrons. The van der Waals surface area contributed by atoms with Crippen molar-refractivity contribution >= 4 is 10.0 Å². The van der Waals surface area contributed by atoms with Crippen LogP contribution in [0.5, 0.6) is 11.5 Å². The highest BCUT2D eigenvalue weighted by Gasteiger charge is 2.44. The molecular weight excluding hydrogens is 373 g/mol. The molecule has 2 heterocycles. The van der Waals surface area contributed by atoms with E-state index in [9.17, 15) is 12.8 Å². The smallest absolute Gasteiger partial charge is 0.243 e. The fourth-order valence-electron chi connectivity index (χ4n) is 3.34. The number of morpholine rings is 1. The Morgan fingerprint density at radius 1 is 1.11 bits per heavy atom. The molecule has 144 valence electrons. The number of sulfonamides is 1. The number of benzene rings is 2. The van der Waals surface area contributed by atoms with Crippen molar-refractivity contribution in [1.82, 2.24) is 4.31 Å². The molecule has 2 aromatic carbocycles. The summed E-state index contributed by atoms with van der Waals surface area (Å²) in [6.45, 7) is 3.81. The zero-order valence-electron chi connectivity index (χ0n) is 15.0. The van der Waals surface area contributed by atoms with Gasteiger partial charge in [-0.15, -0.1) is 0 Å². The molecule has 4 rings (SSSR count). The SMILES string of the molecule is CC1(C)COC(c2ccccc2F)CN1S(=O)(=O)c1ccc2c(c1)OCO2. The molecule has 1 fully saturated rings. The van der Waals surface area contributed by atoms with Gasteiger partial charge in [0.05, 0.1) is 23.1 Å². The van der Waals surface area contributed by atoms with Crippen LogP contribution in [0.25, 0.3) is 0 Å². The second kappa shape index (κ2) is 6.47. The fraction of sp³-hybridized carbons (Fsp3) is 0.368. The quantitative estimate of drug-likeness (QED) is 0.802. The van der Waals surface area contributed by atoms with Crippen LogP contribution < -0.4 is 9.47 Å². The van der Waals surface area contributed by atoms with E-state index in [2.05, 4.69) is 0 Å². The van der Waals surface area contributed by atoms with Crippen LogP contribution >= 0.6 is 0 Å². The number of nitrogens with zero attached hydrogens (tertiary/aromatic N) is 1. The predicted octanol–water partition coefficient (Wildman–Crippen LogP) is 3.10. The summed E-state index contributed by atoms with van der Waals surface area (Å²) >= 11 is 0. The summed E-state index contributed by atoms with van der Waals surface area (Å²) in [7, 11) is -3.85. The van der Waals surface area contributed by atoms with Crippen molar-refractivity contribution in [3.8, 4) is 11.5 Å². The Hall–Kier alpha value is -2.16. The van der Waals surface area contributed by atoms with Gasteiger partial charge in [-0.25, -0.2) is 12.8 Å². The zero-order valence-corrected chi connectivity index (χ0v) is 15.8. The molecule has 1 atom stereocenters. The van der Waals surface area contributed by atoms with Crippen LogP contribution in [0.4, 0.5) is 4.39 Å². The first-order chi connectivity index (χ1) is 12.8. The van der Waals surface area contributed by atoms with Crippen LogP contribution in [-0.2, 0) is 14.8 Å². The number of hydrogen-bond acceptors (Lipinski definition) is 5. The molecule has 27 heavy (non-hydrogen) atoms. The summed E-state index contributed by atoms with van der Waals surface area (Å²) in [5.41, 5.74) is -0.435. The molecule has 6 nitrogen and oxygen atoms in total. The molecule has 0 N–H and O–H groups in total. The van der Waals surface area contributed by atoms with Gasteiger partial charge in [0.15, 0.2) is 11.5 Å². The molecule has 0 amide bonds. The number of fused-ring (bicyclic) bond motifs is 1. The van der Waals surface area contributed by atoms with E-state index in [4.69, 9.17) is 14.2 Å². The summed E-state index contributed by atoms with van der Waals surface area (Å²) in [6, 6.07) is 10.8. The second-order valence-electron chi connectivity index (χ2n) is 7.18. The van der Waals surface area contributed by atoms with Crippen LogP contribution in [0.3, 0.4) is 0 Å². The van der Waals surface area contributed by atoms with E-state index in [0.717, 1.165) is 0 Å². The molecule has 2 aliphatic heterocycles. The maximum atomic E-state index is 14.2. The minimum absolute atomic E-state index is 0.0186. The van der Waals surface area contributed by atoms with Gasteiger partial charge in [-0.05, 0) is 32.0 Å². The Bertz CT molecular complexity index is 976. The molecule has 8 heteroatoms. The van der Waals surface area contributed by atoms with Gasteiger partial charge in [0, 0.05) is 18.2 Å². The van der Waals surface area contributed by atoms with Crippen molar-refractivity contribution in [2.45, 2.75) is 30.4 Å². The van der Waals surface area contributed by atoms with E-state index in [0.29, 0.717) is 17.1 Å². The number of ether oxygens (including phenoxy) is 3. The lowest BCUT2D eigenvalue weighted by atomic mass is 10.0. The molecule has 1 unspecified atom stereocenters. The van der Waals surface area contributed by atoms with Gasteiger partial charge in [0.1, 0.15) is 5.82 Å². The third-order valence-electron chi connectivity index (χ3n) is 4.83. The molecule has 0 spiro atoms. The first-order valence-electron chi connectivity index (χ1n) is 8.57. The molecule has 0 aliphatic carbocycles. The number of halogens is 1. The summed E-state index contributed by atoms with van der Waals surface area (Å²) in [5.74, 6) is 0.495. The normalized spacial score (nSPS) is 22.0. The van der Waals surface area contributed by atoms with Crippen LogP contribution in [0, 0.1) is 5.82 Å². The van der Waals surface area contributed by atoms with Crippen LogP contribution in [0.15, 0.2) is 47.4 Å². The van der Waals surface area contributed by atoms with Gasteiger partial charge in [-0.3, -0.25) is 0 Å². The van der Waals surface area contributed by atoms with Gasteiger partial charge in [0.25, 0.3) is 0 Å². The molecule has 0 aromatic heterocycles. The van der Waals surface area contributed by atoms with Crippen LogP contribution in [0.2, 0.25) is 0 Å². The Balaban J connectivity index is 1.70. The summed E-state index contributed by atoms with van der Waals surface area (Å²) < 4.78 is 58.6. The Labute approximate surface area is 157 Å². The largest absolute Gasteiger partial charge is 0.454 e. The van der Waals surface area contributed by atoms with Gasteiger partial charge in [0.2, 0.25) is 16.8 Å². The van der Waals surface area contributed by atoms with E-state index in [1.165, 1.54) is 22.5 Å². The number of rotatable bonds is 3. The molecule has 2 aliphatic rings. The van der Waals surface area contributed by atoms with Crippen molar-refractivity contribution < 1.29 is 27.0 Å². The topological polar surface area (TPSA) is 65.1 Å². The van der Waals surface area contributed by atoms with Crippen molar-refractivity contribution in [3.63, 3.8) is 0 Å². The van der Waals surface area contributed by atoms with E-state index in [-0.39, 0.29) is 24.8 Å². The minimum atomic E-state index is -3.85. The average Bonchev–Trinajstić information content (AvgIpc) is 3.10. The van der Waals surface area contributed by atoms with Crippen molar-refractivity contribution in [2.75, 3.05) is 19.9 Å². The third-order valence-corrected chi connectivity index (χ3v) is 6.90. The zero-order chi connectivity index (χ0) is 19.2. The highest BCUT2D eigenvalue weighted by atomic mass is 32.2. The summed E-state index contributed by atoms with van der Waals surface area (Å²) in [5, 5.41) is 0. The summed E-state index contributed by atoms with van der Waals surface area (Å²) in [4.78, 5) is 0.106. The summed E-state index contributed by atoms with van der Waals surface area (Å²) in [6.07, 6.45) is -0.678. The first-order valence-corrected chi connectivity index (χ1v) is 10.0. The van der Waals surface area contributed by atoms with Crippen molar-refractivity contribution in [3.05, 3.63) is 53.8 Å². The second-order valence-corrected chi connectivity index (χ2v) is 9.05. The first kappa shape index (κ1) is 18.2. The molecule has 0 saturated carbocycles. The van der Waals surface area contributed by atoms with E-state index in [1.807, 2.05) is 0 Å². The fourth-order valence-corrected chi connectivity index (χ4v) is 5.12. The highest BCUT2D eigenvalue weighted by Crippen LogP contribution is 2.38. The van der Waals surface area contributed by atoms with Crippen molar-refractivity contribution in [2.24, 2.45) is 0 Å². The molecule has 1 saturated heterocycles. The predicted molar refractivity (Wildman–Crippen MR) is 95.6 cm³/mol. The van der Waals surface area contributed by atoms with Gasteiger partial charge < -0.3 is 14.2 Å². The monoisotopic (exact) mass is 393 g/mol. The van der Waals surface area contributed by atoms with Gasteiger partial charge in [-0.2, -0.15) is 4.31 Å². The Kier molecular flexibility index (Phi) is 4.37. The average molecular weight is 393 g/mol. The van der Waals surface area contributed by atoms with E-state index < -0.39 is 27.5 Å². The lowest BCUT2D eigenvalue weighted by Gasteiger charge is -2.44. The Morgan fingerprint density at radius 2 is 1.85 bits per heavy atom.